The minimum Gasteiger partial charge on any atom is -1.00 e. The van der Waals surface area contributed by atoms with Gasteiger partial charge in [-0.15, -0.1) is 0 Å². The van der Waals surface area contributed by atoms with E-state index in [1.807, 2.05) is 12.1 Å². The number of nitrogens with two attached hydrogens (primary N) is 1. The smallest absolute Gasteiger partial charge is 0.233 e. The number of fused-ring (bicyclic) bond motifs is 2. The number of amides is 1. The van der Waals surface area contributed by atoms with E-state index in [0.29, 0.717) is 18.4 Å². The van der Waals surface area contributed by atoms with Gasteiger partial charge in [-0.05, 0) is 42.4 Å². The van der Waals surface area contributed by atoms with Crippen LogP contribution in [0.5, 0.6) is 11.5 Å². The fraction of sp³-hybridized carbons (Fsp3) is 0.387. The van der Waals surface area contributed by atoms with E-state index in [2.05, 4.69) is 76.9 Å². The van der Waals surface area contributed by atoms with Crippen LogP contribution in [0, 0.1) is 5.92 Å². The molecule has 0 unspecified atom stereocenters. The fourth-order valence-corrected chi connectivity index (χ4v) is 6.92. The van der Waals surface area contributed by atoms with Crippen LogP contribution >= 0.6 is 0 Å². The molecule has 3 aromatic rings. The molecule has 2 fully saturated rings. The molecule has 0 saturated carbocycles. The molecule has 194 valence electrons. The van der Waals surface area contributed by atoms with E-state index in [4.69, 9.17) is 9.47 Å². The second-order valence-electron chi connectivity index (χ2n) is 10.5. The Labute approximate surface area is 225 Å². The van der Waals surface area contributed by atoms with Gasteiger partial charge in [0.05, 0.1) is 38.3 Å². The third-order valence-corrected chi connectivity index (χ3v) is 8.75. The van der Waals surface area contributed by atoms with Gasteiger partial charge in [-0.1, -0.05) is 72.8 Å². The molecule has 37 heavy (non-hydrogen) atoms. The fourth-order valence-electron chi connectivity index (χ4n) is 6.92. The van der Waals surface area contributed by atoms with Crippen LogP contribution in [0.1, 0.15) is 47.9 Å². The molecule has 1 spiro atoms. The monoisotopic (exact) mass is 518 g/mol. The lowest BCUT2D eigenvalue weighted by Crippen LogP contribution is -3.00. The summed E-state index contributed by atoms with van der Waals surface area (Å²) in [6.07, 6.45) is 2.81. The molecule has 0 aromatic heterocycles. The maximum absolute atomic E-state index is 14.5. The van der Waals surface area contributed by atoms with Crippen molar-refractivity contribution < 1.29 is 32.0 Å². The highest BCUT2D eigenvalue weighted by atomic mass is 35.5. The van der Waals surface area contributed by atoms with Gasteiger partial charge in [0, 0.05) is 12.1 Å². The molecule has 1 amide bonds. The van der Waals surface area contributed by atoms with E-state index in [0.717, 1.165) is 56.0 Å². The summed E-state index contributed by atoms with van der Waals surface area (Å²) in [6.45, 7) is 3.12. The molecule has 0 radical (unpaired) electrons. The zero-order valence-corrected chi connectivity index (χ0v) is 22.1. The maximum Gasteiger partial charge on any atom is 0.233 e. The van der Waals surface area contributed by atoms with Gasteiger partial charge in [-0.25, -0.2) is 0 Å². The number of halogens is 1. The predicted octanol–water partition coefficient (Wildman–Crippen LogP) is 1.06. The quantitative estimate of drug-likeness (QED) is 0.562. The van der Waals surface area contributed by atoms with E-state index in [1.54, 1.807) is 7.11 Å². The molecule has 0 aliphatic carbocycles. The van der Waals surface area contributed by atoms with Gasteiger partial charge in [0.1, 0.15) is 5.92 Å². The first-order valence-corrected chi connectivity index (χ1v) is 13.2. The number of likely N-dealkylation sites (tertiary alicyclic amines) is 1. The summed E-state index contributed by atoms with van der Waals surface area (Å²) in [7, 11) is 1.69. The summed E-state index contributed by atoms with van der Waals surface area (Å²) >= 11 is 0. The molecule has 6 rings (SSSR count). The lowest BCUT2D eigenvalue weighted by atomic mass is 9.68. The van der Waals surface area contributed by atoms with Crippen molar-refractivity contribution in [3.63, 3.8) is 0 Å². The molecule has 2 saturated heterocycles. The first kappa shape index (κ1) is 25.6. The summed E-state index contributed by atoms with van der Waals surface area (Å²) in [6, 6.07) is 27.6. The number of ether oxygens (including phenoxy) is 2. The Kier molecular flexibility index (Phi) is 7.45. The average Bonchev–Trinajstić information content (AvgIpc) is 3.37. The molecular weight excluding hydrogens is 484 g/mol. The molecule has 3 aliphatic rings. The number of benzene rings is 3. The van der Waals surface area contributed by atoms with Crippen LogP contribution in [0.4, 0.5) is 0 Å². The number of nitrogens with zero attached hydrogens (tertiary/aromatic N) is 1. The van der Waals surface area contributed by atoms with Crippen molar-refractivity contribution >= 4 is 5.91 Å². The first-order chi connectivity index (χ1) is 17.7. The Hall–Kier alpha value is -3.02. The third kappa shape index (κ3) is 4.49. The van der Waals surface area contributed by atoms with Gasteiger partial charge in [0.15, 0.2) is 11.5 Å². The minimum absolute atomic E-state index is 0. The Morgan fingerprint density at radius 3 is 2.46 bits per heavy atom. The largest absolute Gasteiger partial charge is 1.00 e. The zero-order chi connectivity index (χ0) is 24.5. The van der Waals surface area contributed by atoms with Crippen molar-refractivity contribution in [3.05, 3.63) is 95.6 Å². The van der Waals surface area contributed by atoms with Crippen LogP contribution < -0.4 is 27.2 Å². The van der Waals surface area contributed by atoms with E-state index in [9.17, 15) is 4.79 Å². The number of hydrogen-bond donors (Lipinski definition) is 1. The average molecular weight is 519 g/mol. The number of hydrogen-bond acceptors (Lipinski definition) is 3. The Bertz CT molecular complexity index is 1220. The third-order valence-electron chi connectivity index (χ3n) is 8.75. The summed E-state index contributed by atoms with van der Waals surface area (Å²) in [5.41, 5.74) is 3.52. The predicted molar refractivity (Wildman–Crippen MR) is 139 cm³/mol. The van der Waals surface area contributed by atoms with Crippen molar-refractivity contribution in [2.75, 3.05) is 33.4 Å². The molecule has 3 aromatic carbocycles. The topological polar surface area (TPSA) is 55.4 Å². The van der Waals surface area contributed by atoms with Gasteiger partial charge in [0.25, 0.3) is 0 Å². The summed E-state index contributed by atoms with van der Waals surface area (Å²) in [5.74, 6) is 2.25. The van der Waals surface area contributed by atoms with Crippen LogP contribution in [0.3, 0.4) is 0 Å². The van der Waals surface area contributed by atoms with Gasteiger partial charge in [-0.3, -0.25) is 4.79 Å². The number of carbonyl (C=O) groups excluding carboxylic acids is 1. The molecule has 5 nitrogen and oxygen atoms in total. The molecular formula is C31H35ClN2O3. The van der Waals surface area contributed by atoms with Crippen LogP contribution in [0.2, 0.25) is 0 Å². The summed E-state index contributed by atoms with van der Waals surface area (Å²) in [5, 5.41) is 2.32. The minimum atomic E-state index is -0.225. The van der Waals surface area contributed by atoms with E-state index in [1.165, 1.54) is 11.1 Å². The van der Waals surface area contributed by atoms with E-state index in [-0.39, 0.29) is 29.8 Å². The maximum atomic E-state index is 14.5. The molecule has 3 heterocycles. The number of rotatable bonds is 4. The van der Waals surface area contributed by atoms with Gasteiger partial charge in [-0.2, -0.15) is 0 Å². The highest BCUT2D eigenvalue weighted by molar-refractivity contribution is 5.82. The number of quaternary nitrogens is 1. The van der Waals surface area contributed by atoms with Gasteiger partial charge in [0.2, 0.25) is 5.91 Å². The number of piperidine rings is 1. The second-order valence-corrected chi connectivity index (χ2v) is 10.5. The molecule has 6 heteroatoms. The number of methoxy groups -OCH3 is 1. The van der Waals surface area contributed by atoms with Crippen LogP contribution in [-0.4, -0.2) is 44.2 Å². The normalized spacial score (nSPS) is 26.6. The molecule has 2 N–H and O–H groups in total. The Morgan fingerprint density at radius 1 is 1.00 bits per heavy atom. The SMILES string of the molecule is COc1cccc2c1OCC[C@]21C[NH2+]C[C@H]1C(=O)N1CC[C@@H](c2ccccc2)C[C@H]1c1ccccc1.[Cl-]. The zero-order valence-electron chi connectivity index (χ0n) is 21.3. The van der Waals surface area contributed by atoms with Crippen LogP contribution in [0.25, 0.3) is 0 Å². The number of carbonyl (C=O) groups is 1. The summed E-state index contributed by atoms with van der Waals surface area (Å²) in [4.78, 5) is 16.7. The molecule has 3 aliphatic heterocycles. The highest BCUT2D eigenvalue weighted by Gasteiger charge is 2.56. The lowest BCUT2D eigenvalue weighted by Gasteiger charge is -2.44. The lowest BCUT2D eigenvalue weighted by molar-refractivity contribution is -0.640. The molecule has 0 bridgehead atoms. The van der Waals surface area contributed by atoms with Crippen molar-refractivity contribution in [1.82, 2.24) is 4.90 Å². The second kappa shape index (κ2) is 10.8. The van der Waals surface area contributed by atoms with Crippen molar-refractivity contribution in [1.29, 1.82) is 0 Å². The molecule has 4 atom stereocenters. The number of para-hydroxylation sites is 1. The first-order valence-electron chi connectivity index (χ1n) is 13.2. The Balaban J connectivity index is 0.00000280. The van der Waals surface area contributed by atoms with Crippen LogP contribution in [0.15, 0.2) is 78.9 Å². The van der Waals surface area contributed by atoms with Gasteiger partial charge >= 0.3 is 0 Å². The van der Waals surface area contributed by atoms with Crippen LogP contribution in [-0.2, 0) is 10.2 Å². The van der Waals surface area contributed by atoms with Crippen molar-refractivity contribution in [2.24, 2.45) is 5.92 Å². The standard InChI is InChI=1S/C31H34N2O3.ClH/c1-35-28-14-8-13-25-29(28)36-18-16-31(25)21-32-20-26(31)30(34)33-17-15-24(22-9-4-2-5-10-22)19-27(33)23-11-6-3-7-12-23;/h2-14,24,26-27,32H,15-21H2,1H3;1H/t24-,26+,27+,31+;/m1./s1. The van der Waals surface area contributed by atoms with E-state index < -0.39 is 0 Å². The summed E-state index contributed by atoms with van der Waals surface area (Å²) < 4.78 is 11.7. The highest BCUT2D eigenvalue weighted by Crippen LogP contribution is 2.49. The van der Waals surface area contributed by atoms with Gasteiger partial charge < -0.3 is 32.1 Å². The Morgan fingerprint density at radius 2 is 1.73 bits per heavy atom. The van der Waals surface area contributed by atoms with Crippen molar-refractivity contribution in [2.45, 2.75) is 36.6 Å². The van der Waals surface area contributed by atoms with E-state index >= 15 is 0 Å². The van der Waals surface area contributed by atoms with Crippen molar-refractivity contribution in [3.8, 4) is 11.5 Å².